The van der Waals surface area contributed by atoms with Gasteiger partial charge in [-0.2, -0.15) is 0 Å². The third kappa shape index (κ3) is 5.31. The molecule has 1 aromatic heterocycles. The van der Waals surface area contributed by atoms with Crippen LogP contribution in [-0.2, 0) is 4.74 Å². The van der Waals surface area contributed by atoms with Gasteiger partial charge < -0.3 is 17.1 Å². The summed E-state index contributed by atoms with van der Waals surface area (Å²) in [7, 11) is 3.50. The standard InChI is InChI=1S/C15H15ClNO2S3.ClH/c16-12-3-1-11(2-4-12)13(18)10-20-15-9-14(21-22-15)17-5-7-19-8-6-17;/h1-4,9H,5-8,10H2;1H/q+1;/p-1. The molecule has 1 aliphatic heterocycles. The highest BCUT2D eigenvalue weighted by atomic mass is 35.5. The van der Waals surface area contributed by atoms with Gasteiger partial charge in [-0.3, -0.25) is 4.79 Å². The minimum absolute atomic E-state index is 0. The molecule has 2 aromatic rings. The molecule has 0 aliphatic carbocycles. The van der Waals surface area contributed by atoms with E-state index < -0.39 is 0 Å². The number of Topliss-reactive ketones (excluding diaryl/α,β-unsaturated/α-hetero) is 1. The normalized spacial score (nSPS) is 14.4. The summed E-state index contributed by atoms with van der Waals surface area (Å²) in [6.45, 7) is 3.47. The molecule has 2 heterocycles. The minimum atomic E-state index is 0. The van der Waals surface area contributed by atoms with E-state index in [4.69, 9.17) is 16.3 Å². The van der Waals surface area contributed by atoms with Gasteiger partial charge in [0.15, 0.2) is 18.9 Å². The SMILES string of the molecule is O=C(CSc1cc(=[N+]2CCOCC2)ss1)c1ccc(Cl)cc1.[Cl-]. The molecule has 124 valence electrons. The smallest absolute Gasteiger partial charge is 0.268 e. The van der Waals surface area contributed by atoms with E-state index in [1.807, 2.05) is 0 Å². The first-order valence-electron chi connectivity index (χ1n) is 6.90. The largest absolute Gasteiger partial charge is 1.00 e. The minimum Gasteiger partial charge on any atom is -1.00 e. The molecule has 1 aliphatic rings. The van der Waals surface area contributed by atoms with E-state index in [0.717, 1.165) is 26.3 Å². The number of hydrogen-bond acceptors (Lipinski definition) is 5. The lowest BCUT2D eigenvalue weighted by atomic mass is 10.1. The maximum atomic E-state index is 12.2. The topological polar surface area (TPSA) is 29.3 Å². The summed E-state index contributed by atoms with van der Waals surface area (Å²) < 4.78 is 10.2. The quantitative estimate of drug-likeness (QED) is 0.314. The van der Waals surface area contributed by atoms with Gasteiger partial charge in [-0.25, -0.2) is 4.58 Å². The first-order valence-corrected chi connectivity index (χ1v) is 10.4. The lowest BCUT2D eigenvalue weighted by Crippen LogP contribution is -3.00. The molecule has 0 saturated carbocycles. The third-order valence-electron chi connectivity index (χ3n) is 3.28. The van der Waals surface area contributed by atoms with E-state index in [9.17, 15) is 4.79 Å². The van der Waals surface area contributed by atoms with Crippen LogP contribution in [0.2, 0.25) is 5.02 Å². The highest BCUT2D eigenvalue weighted by Crippen LogP contribution is 2.25. The molecule has 0 unspecified atom stereocenters. The zero-order valence-electron chi connectivity index (χ0n) is 12.2. The predicted octanol–water partition coefficient (Wildman–Crippen LogP) is 0.244. The van der Waals surface area contributed by atoms with Crippen LogP contribution in [0.25, 0.3) is 0 Å². The van der Waals surface area contributed by atoms with Gasteiger partial charge in [-0.15, -0.1) is 11.8 Å². The summed E-state index contributed by atoms with van der Waals surface area (Å²) in [5, 5.41) is 0.652. The molecule has 0 atom stereocenters. The van der Waals surface area contributed by atoms with Crippen molar-refractivity contribution in [2.45, 2.75) is 4.21 Å². The number of carbonyl (C=O) groups is 1. The lowest BCUT2D eigenvalue weighted by Gasteiger charge is -2.09. The molecular weight excluding hydrogens is 393 g/mol. The summed E-state index contributed by atoms with van der Waals surface area (Å²) in [6.07, 6.45) is 0. The van der Waals surface area contributed by atoms with E-state index in [2.05, 4.69) is 10.6 Å². The number of benzene rings is 1. The number of hydrogen-bond donors (Lipinski definition) is 0. The van der Waals surface area contributed by atoms with Crippen molar-refractivity contribution in [2.75, 3.05) is 32.1 Å². The number of carbonyl (C=O) groups excluding carboxylic acids is 1. The zero-order chi connectivity index (χ0) is 15.4. The monoisotopic (exact) mass is 407 g/mol. The Morgan fingerprint density at radius 2 is 1.91 bits per heavy atom. The maximum absolute atomic E-state index is 12.2. The molecule has 0 bridgehead atoms. The van der Waals surface area contributed by atoms with E-state index >= 15 is 0 Å². The molecule has 0 N–H and O–H groups in total. The maximum Gasteiger partial charge on any atom is 0.268 e. The molecular formula is C15H15Cl2NO2S3. The molecule has 0 radical (unpaired) electrons. The van der Waals surface area contributed by atoms with E-state index in [0.29, 0.717) is 16.3 Å². The van der Waals surface area contributed by atoms with Crippen molar-refractivity contribution < 1.29 is 21.9 Å². The van der Waals surface area contributed by atoms with Gasteiger partial charge in [0.25, 0.3) is 4.67 Å². The van der Waals surface area contributed by atoms with Gasteiger partial charge in [0, 0.05) is 16.7 Å². The van der Waals surface area contributed by atoms with Gasteiger partial charge in [-0.05, 0) is 34.6 Å². The van der Waals surface area contributed by atoms with Crippen LogP contribution in [0, 0.1) is 0 Å². The van der Waals surface area contributed by atoms with Gasteiger partial charge in [-0.1, -0.05) is 21.9 Å². The fraction of sp³-hybridized carbons (Fsp3) is 0.333. The van der Waals surface area contributed by atoms with Crippen molar-refractivity contribution in [3.8, 4) is 0 Å². The van der Waals surface area contributed by atoms with E-state index in [1.165, 1.54) is 8.88 Å². The number of ketones is 1. The third-order valence-corrected chi connectivity index (χ3v) is 7.48. The first kappa shape index (κ1) is 19.0. The highest BCUT2D eigenvalue weighted by molar-refractivity contribution is 8.03. The predicted molar refractivity (Wildman–Crippen MR) is 94.5 cm³/mol. The van der Waals surface area contributed by atoms with Crippen molar-refractivity contribution in [3.05, 3.63) is 45.6 Å². The van der Waals surface area contributed by atoms with Gasteiger partial charge in [0.2, 0.25) is 0 Å². The number of thioether (sulfide) groups is 1. The Morgan fingerprint density at radius 1 is 1.22 bits per heavy atom. The molecule has 8 heteroatoms. The summed E-state index contributed by atoms with van der Waals surface area (Å²) in [5.74, 6) is 0.588. The van der Waals surface area contributed by atoms with Crippen molar-refractivity contribution in [1.82, 2.24) is 4.58 Å². The Labute approximate surface area is 157 Å². The van der Waals surface area contributed by atoms with Crippen molar-refractivity contribution in [1.29, 1.82) is 0 Å². The Balaban J connectivity index is 0.00000192. The van der Waals surface area contributed by atoms with Crippen LogP contribution in [0.3, 0.4) is 0 Å². The van der Waals surface area contributed by atoms with Crippen LogP contribution in [0.4, 0.5) is 0 Å². The van der Waals surface area contributed by atoms with E-state index in [-0.39, 0.29) is 18.2 Å². The number of morpholine rings is 1. The molecule has 0 spiro atoms. The molecule has 3 nitrogen and oxygen atoms in total. The highest BCUT2D eigenvalue weighted by Gasteiger charge is 2.14. The first-order chi connectivity index (χ1) is 10.7. The zero-order valence-corrected chi connectivity index (χ0v) is 16.1. The van der Waals surface area contributed by atoms with Crippen LogP contribution in [0.5, 0.6) is 0 Å². The van der Waals surface area contributed by atoms with Crippen LogP contribution in [0.15, 0.2) is 34.5 Å². The number of nitrogens with zero attached hydrogens (tertiary/aromatic N) is 1. The van der Waals surface area contributed by atoms with Crippen molar-refractivity contribution >= 4 is 49.8 Å². The molecule has 1 aromatic carbocycles. The summed E-state index contributed by atoms with van der Waals surface area (Å²) in [6, 6.07) is 9.25. The van der Waals surface area contributed by atoms with Gasteiger partial charge in [0.05, 0.1) is 9.96 Å². The molecule has 1 fully saturated rings. The van der Waals surface area contributed by atoms with Crippen molar-refractivity contribution in [3.63, 3.8) is 0 Å². The number of rotatable bonds is 4. The molecule has 1 saturated heterocycles. The Bertz CT molecular complexity index is 717. The van der Waals surface area contributed by atoms with Crippen LogP contribution >= 0.6 is 44.0 Å². The van der Waals surface area contributed by atoms with Gasteiger partial charge in [0.1, 0.15) is 13.2 Å². The average Bonchev–Trinajstić information content (AvgIpc) is 3.03. The molecule has 0 amide bonds. The second-order valence-electron chi connectivity index (χ2n) is 4.79. The fourth-order valence-corrected chi connectivity index (χ4v) is 5.99. The molecule has 3 rings (SSSR count). The Morgan fingerprint density at radius 3 is 2.61 bits per heavy atom. The fourth-order valence-electron chi connectivity index (χ4n) is 2.08. The summed E-state index contributed by atoms with van der Waals surface area (Å²) in [4.78, 5) is 12.2. The summed E-state index contributed by atoms with van der Waals surface area (Å²) in [5.41, 5.74) is 0.713. The Hall–Kier alpha value is -0.370. The average molecular weight is 408 g/mol. The number of ether oxygens (including phenoxy) is 1. The van der Waals surface area contributed by atoms with Crippen LogP contribution < -0.4 is 21.7 Å². The van der Waals surface area contributed by atoms with Crippen LogP contribution in [-0.4, -0.2) is 37.8 Å². The lowest BCUT2D eigenvalue weighted by molar-refractivity contribution is -0.0000127. The Kier molecular flexibility index (Phi) is 7.59. The van der Waals surface area contributed by atoms with Crippen LogP contribution in [0.1, 0.15) is 10.4 Å². The van der Waals surface area contributed by atoms with Gasteiger partial charge >= 0.3 is 0 Å². The van der Waals surface area contributed by atoms with E-state index in [1.54, 1.807) is 56.7 Å². The molecule has 23 heavy (non-hydrogen) atoms. The van der Waals surface area contributed by atoms with Crippen molar-refractivity contribution in [2.24, 2.45) is 0 Å². The second-order valence-corrected chi connectivity index (χ2v) is 8.69. The number of halogens is 2. The second kappa shape index (κ2) is 9.20. The summed E-state index contributed by atoms with van der Waals surface area (Å²) >= 11 is 7.44.